The predicted octanol–water partition coefficient (Wildman–Crippen LogP) is 4.43. The Kier molecular flexibility index (Phi) is 7.38. The number of carbonyl (C=O) groups is 1. The van der Waals surface area contributed by atoms with Gasteiger partial charge in [-0.3, -0.25) is 4.18 Å². The molecule has 0 radical (unpaired) electrons. The maximum absolute atomic E-state index is 12.6. The minimum Gasteiger partial charge on any atom is -0.458 e. The Morgan fingerprint density at radius 3 is 2.18 bits per heavy atom. The van der Waals surface area contributed by atoms with Crippen molar-refractivity contribution in [2.45, 2.75) is 63.6 Å². The molecule has 2 aromatic rings. The number of aryl methyl sites for hydroxylation is 2. The summed E-state index contributed by atoms with van der Waals surface area (Å²) in [5, 5.41) is 0. The van der Waals surface area contributed by atoms with Crippen LogP contribution in [-0.4, -0.2) is 26.1 Å². The molecule has 0 fully saturated rings. The average Bonchev–Trinajstić information content (AvgIpc) is 2.60. The van der Waals surface area contributed by atoms with Gasteiger partial charge in [0.2, 0.25) is 0 Å². The third kappa shape index (κ3) is 7.09. The van der Waals surface area contributed by atoms with Gasteiger partial charge in [0.25, 0.3) is 10.1 Å². The van der Waals surface area contributed by atoms with Crippen LogP contribution in [0.25, 0.3) is 0 Å². The molecular formula is C22H28O5S. The maximum atomic E-state index is 12.6. The van der Waals surface area contributed by atoms with E-state index in [2.05, 4.69) is 0 Å². The van der Waals surface area contributed by atoms with Crippen LogP contribution in [0, 0.1) is 6.92 Å². The SMILES string of the molecule is Cc1ccc(S(=O)(=O)O[C@H](CCCc2ccccc2)C(=O)OC(C)(C)C)cc1. The number of rotatable bonds is 8. The van der Waals surface area contributed by atoms with Crippen LogP contribution >= 0.6 is 0 Å². The normalized spacial score (nSPS) is 13.1. The number of carbonyl (C=O) groups excluding carboxylic acids is 1. The van der Waals surface area contributed by atoms with Crippen molar-refractivity contribution < 1.29 is 22.1 Å². The lowest BCUT2D eigenvalue weighted by molar-refractivity contribution is -0.163. The minimum atomic E-state index is -4.07. The number of esters is 1. The molecular weight excluding hydrogens is 376 g/mol. The van der Waals surface area contributed by atoms with E-state index in [1.807, 2.05) is 37.3 Å². The second-order valence-electron chi connectivity index (χ2n) is 7.76. The van der Waals surface area contributed by atoms with Gasteiger partial charge in [0.15, 0.2) is 6.10 Å². The quantitative estimate of drug-likeness (QED) is 0.481. The van der Waals surface area contributed by atoms with Gasteiger partial charge in [0.1, 0.15) is 5.60 Å². The van der Waals surface area contributed by atoms with E-state index in [0.717, 1.165) is 11.1 Å². The Morgan fingerprint density at radius 1 is 1.00 bits per heavy atom. The molecule has 1 atom stereocenters. The highest BCUT2D eigenvalue weighted by atomic mass is 32.2. The van der Waals surface area contributed by atoms with E-state index in [1.165, 1.54) is 12.1 Å². The lowest BCUT2D eigenvalue weighted by Crippen LogP contribution is -2.35. The van der Waals surface area contributed by atoms with E-state index in [-0.39, 0.29) is 11.3 Å². The zero-order valence-electron chi connectivity index (χ0n) is 16.8. The van der Waals surface area contributed by atoms with Gasteiger partial charge in [0.05, 0.1) is 4.90 Å². The van der Waals surface area contributed by atoms with E-state index in [0.29, 0.717) is 12.8 Å². The summed E-state index contributed by atoms with van der Waals surface area (Å²) < 4.78 is 35.9. The van der Waals surface area contributed by atoms with Crippen LogP contribution < -0.4 is 0 Å². The molecule has 0 spiro atoms. The van der Waals surface area contributed by atoms with Crippen molar-refractivity contribution >= 4 is 16.1 Å². The van der Waals surface area contributed by atoms with Crippen molar-refractivity contribution in [1.82, 2.24) is 0 Å². The van der Waals surface area contributed by atoms with Crippen LogP contribution in [0.1, 0.15) is 44.7 Å². The highest BCUT2D eigenvalue weighted by Gasteiger charge is 2.31. The molecule has 0 bridgehead atoms. The molecule has 6 heteroatoms. The molecule has 0 aromatic heterocycles. The van der Waals surface area contributed by atoms with Crippen molar-refractivity contribution in [3.63, 3.8) is 0 Å². The molecule has 0 aliphatic rings. The standard InChI is InChI=1S/C22H28O5S/c1-17-13-15-19(16-14-17)28(24,25)27-20(21(23)26-22(2,3)4)12-8-11-18-9-6-5-7-10-18/h5-7,9-10,13-16,20H,8,11-12H2,1-4H3/t20-/m1/s1. The summed E-state index contributed by atoms with van der Waals surface area (Å²) >= 11 is 0. The summed E-state index contributed by atoms with van der Waals surface area (Å²) in [5.74, 6) is -0.670. The molecule has 0 aliphatic carbocycles. The molecule has 0 aliphatic heterocycles. The molecule has 0 heterocycles. The Labute approximate surface area is 167 Å². The van der Waals surface area contributed by atoms with E-state index in [4.69, 9.17) is 8.92 Å². The summed E-state index contributed by atoms with van der Waals surface area (Å²) in [6.07, 6.45) is 0.370. The van der Waals surface area contributed by atoms with Gasteiger partial charge < -0.3 is 4.74 Å². The molecule has 5 nitrogen and oxygen atoms in total. The van der Waals surface area contributed by atoms with Gasteiger partial charge in [-0.1, -0.05) is 48.0 Å². The summed E-state index contributed by atoms with van der Waals surface area (Å²) in [5.41, 5.74) is 1.32. The van der Waals surface area contributed by atoms with Gasteiger partial charge in [-0.25, -0.2) is 4.79 Å². The van der Waals surface area contributed by atoms with Gasteiger partial charge in [0, 0.05) is 0 Å². The second-order valence-corrected chi connectivity index (χ2v) is 9.34. The molecule has 2 rings (SSSR count). The van der Waals surface area contributed by atoms with E-state index >= 15 is 0 Å². The molecule has 152 valence electrons. The number of benzene rings is 2. The molecule has 0 saturated heterocycles. The van der Waals surface area contributed by atoms with Crippen LogP contribution in [0.2, 0.25) is 0 Å². The third-order valence-electron chi connectivity index (χ3n) is 4.00. The molecule has 0 amide bonds. The number of hydrogen-bond donors (Lipinski definition) is 0. The topological polar surface area (TPSA) is 69.7 Å². The summed E-state index contributed by atoms with van der Waals surface area (Å²) in [6, 6.07) is 16.1. The predicted molar refractivity (Wildman–Crippen MR) is 108 cm³/mol. The van der Waals surface area contributed by atoms with Gasteiger partial charge in [-0.05, 0) is 64.7 Å². The third-order valence-corrected chi connectivity index (χ3v) is 5.33. The van der Waals surface area contributed by atoms with Crippen molar-refractivity contribution in [3.05, 3.63) is 65.7 Å². The van der Waals surface area contributed by atoms with Crippen LogP contribution in [0.3, 0.4) is 0 Å². The summed E-state index contributed by atoms with van der Waals surface area (Å²) in [4.78, 5) is 12.6. The maximum Gasteiger partial charge on any atom is 0.337 e. The van der Waals surface area contributed by atoms with Crippen LogP contribution in [0.4, 0.5) is 0 Å². The van der Waals surface area contributed by atoms with Crippen molar-refractivity contribution in [2.24, 2.45) is 0 Å². The summed E-state index contributed by atoms with van der Waals surface area (Å²) in [6.45, 7) is 7.07. The second kappa shape index (κ2) is 9.34. The highest BCUT2D eigenvalue weighted by molar-refractivity contribution is 7.86. The lowest BCUT2D eigenvalue weighted by atomic mass is 10.1. The van der Waals surface area contributed by atoms with E-state index in [9.17, 15) is 13.2 Å². The van der Waals surface area contributed by atoms with Crippen LogP contribution in [0.5, 0.6) is 0 Å². The first kappa shape index (κ1) is 22.1. The Bertz CT molecular complexity index is 865. The molecule has 0 saturated carbocycles. The Balaban J connectivity index is 2.12. The lowest BCUT2D eigenvalue weighted by Gasteiger charge is -2.24. The average molecular weight is 405 g/mol. The van der Waals surface area contributed by atoms with Crippen LogP contribution in [-0.2, 0) is 30.3 Å². The van der Waals surface area contributed by atoms with Crippen molar-refractivity contribution in [3.8, 4) is 0 Å². The zero-order chi connectivity index (χ0) is 20.8. The Morgan fingerprint density at radius 2 is 1.61 bits per heavy atom. The molecule has 28 heavy (non-hydrogen) atoms. The fourth-order valence-corrected chi connectivity index (χ4v) is 3.68. The molecule has 0 N–H and O–H groups in total. The van der Waals surface area contributed by atoms with Crippen molar-refractivity contribution in [2.75, 3.05) is 0 Å². The minimum absolute atomic E-state index is 0.0229. The van der Waals surface area contributed by atoms with Gasteiger partial charge in [-0.2, -0.15) is 8.42 Å². The van der Waals surface area contributed by atoms with E-state index in [1.54, 1.807) is 32.9 Å². The molecule has 0 unspecified atom stereocenters. The zero-order valence-corrected chi connectivity index (χ0v) is 17.7. The smallest absolute Gasteiger partial charge is 0.337 e. The van der Waals surface area contributed by atoms with Gasteiger partial charge >= 0.3 is 5.97 Å². The Hall–Kier alpha value is -2.18. The number of ether oxygens (including phenoxy) is 1. The first-order valence-electron chi connectivity index (χ1n) is 9.33. The number of hydrogen-bond acceptors (Lipinski definition) is 5. The van der Waals surface area contributed by atoms with Crippen LogP contribution in [0.15, 0.2) is 59.5 Å². The van der Waals surface area contributed by atoms with Gasteiger partial charge in [-0.15, -0.1) is 0 Å². The largest absolute Gasteiger partial charge is 0.458 e. The molecule has 2 aromatic carbocycles. The monoisotopic (exact) mass is 404 g/mol. The summed E-state index contributed by atoms with van der Waals surface area (Å²) in [7, 11) is -4.07. The van der Waals surface area contributed by atoms with E-state index < -0.39 is 27.8 Å². The highest BCUT2D eigenvalue weighted by Crippen LogP contribution is 2.20. The fraction of sp³-hybridized carbons (Fsp3) is 0.409. The first-order valence-corrected chi connectivity index (χ1v) is 10.7. The van der Waals surface area contributed by atoms with Crippen molar-refractivity contribution in [1.29, 1.82) is 0 Å². The first-order chi connectivity index (χ1) is 13.1. The fourth-order valence-electron chi connectivity index (χ4n) is 2.62.